The highest BCUT2D eigenvalue weighted by molar-refractivity contribution is 8.02. The van der Waals surface area contributed by atoms with E-state index in [1.54, 1.807) is 0 Å². The second-order valence-corrected chi connectivity index (χ2v) is 9.12. The number of thioether (sulfide) groups is 1. The van der Waals surface area contributed by atoms with Crippen molar-refractivity contribution >= 4 is 39.8 Å². The summed E-state index contributed by atoms with van der Waals surface area (Å²) in [5.41, 5.74) is 0.757. The molecule has 3 rings (SSSR count). The van der Waals surface area contributed by atoms with Crippen LogP contribution in [-0.4, -0.2) is 34.0 Å². The molecule has 6 nitrogen and oxygen atoms in total. The zero-order valence-corrected chi connectivity index (χ0v) is 17.4. The summed E-state index contributed by atoms with van der Waals surface area (Å²) in [6, 6.07) is 7.90. The first-order valence-corrected chi connectivity index (χ1v) is 11.1. The Labute approximate surface area is 168 Å². The Balaban J connectivity index is 1.49. The van der Waals surface area contributed by atoms with Crippen molar-refractivity contribution in [3.63, 3.8) is 0 Å². The first-order valence-electron chi connectivity index (χ1n) is 9.44. The van der Waals surface area contributed by atoms with Gasteiger partial charge in [-0.3, -0.25) is 4.79 Å². The normalized spacial score (nSPS) is 15.9. The molecule has 1 atom stereocenters. The number of carbonyl (C=O) groups excluding carboxylic acids is 1. The van der Waals surface area contributed by atoms with Crippen LogP contribution in [0.1, 0.15) is 46.0 Å². The fraction of sp³-hybridized carbons (Fsp3) is 0.526. The molecule has 1 aliphatic rings. The highest BCUT2D eigenvalue weighted by atomic mass is 32.2. The van der Waals surface area contributed by atoms with Crippen LogP contribution in [0, 0.1) is 0 Å². The van der Waals surface area contributed by atoms with Crippen molar-refractivity contribution in [3.8, 4) is 5.75 Å². The lowest BCUT2D eigenvalue weighted by molar-refractivity contribution is -0.115. The summed E-state index contributed by atoms with van der Waals surface area (Å²) in [5, 5.41) is 15.4. The molecular formula is C19H26N4O2S2. The quantitative estimate of drug-likeness (QED) is 0.613. The molecule has 1 aromatic heterocycles. The minimum absolute atomic E-state index is 0.0545. The van der Waals surface area contributed by atoms with E-state index in [9.17, 15) is 4.79 Å². The van der Waals surface area contributed by atoms with Crippen molar-refractivity contribution in [2.45, 2.75) is 61.6 Å². The van der Waals surface area contributed by atoms with Crippen molar-refractivity contribution in [1.82, 2.24) is 10.2 Å². The molecule has 1 fully saturated rings. The molecule has 1 aliphatic carbocycles. The maximum absolute atomic E-state index is 12.4. The molecule has 27 heavy (non-hydrogen) atoms. The fourth-order valence-electron chi connectivity index (χ4n) is 2.99. The highest BCUT2D eigenvalue weighted by Gasteiger charge is 2.19. The van der Waals surface area contributed by atoms with Crippen LogP contribution >= 0.6 is 23.1 Å². The summed E-state index contributed by atoms with van der Waals surface area (Å²) >= 11 is 2.95. The third-order valence-corrected chi connectivity index (χ3v) is 6.46. The average molecular weight is 407 g/mol. The molecule has 1 unspecified atom stereocenters. The SMILES string of the molecule is CCOc1ccc(NC(=O)C(C)Sc2nnc(NC3CCCCC3)s2)cc1. The summed E-state index contributed by atoms with van der Waals surface area (Å²) in [7, 11) is 0. The summed E-state index contributed by atoms with van der Waals surface area (Å²) in [4.78, 5) is 12.4. The van der Waals surface area contributed by atoms with Crippen molar-refractivity contribution in [1.29, 1.82) is 0 Å². The summed E-state index contributed by atoms with van der Waals surface area (Å²) in [6.45, 7) is 4.45. The van der Waals surface area contributed by atoms with E-state index in [1.807, 2.05) is 38.1 Å². The lowest BCUT2D eigenvalue weighted by atomic mass is 9.96. The zero-order valence-electron chi connectivity index (χ0n) is 15.7. The van der Waals surface area contributed by atoms with Crippen molar-refractivity contribution in [2.24, 2.45) is 0 Å². The number of anilines is 2. The number of hydrogen-bond acceptors (Lipinski definition) is 7. The van der Waals surface area contributed by atoms with E-state index < -0.39 is 0 Å². The van der Waals surface area contributed by atoms with Crippen LogP contribution in [0.2, 0.25) is 0 Å². The Kier molecular flexibility index (Phi) is 7.34. The Hall–Kier alpha value is -1.80. The number of ether oxygens (including phenoxy) is 1. The van der Waals surface area contributed by atoms with Crippen molar-refractivity contribution in [2.75, 3.05) is 17.2 Å². The van der Waals surface area contributed by atoms with Gasteiger partial charge in [-0.05, 0) is 51.0 Å². The van der Waals surface area contributed by atoms with Crippen molar-refractivity contribution in [3.05, 3.63) is 24.3 Å². The standard InChI is InChI=1S/C19H26N4O2S2/c1-3-25-16-11-9-15(10-12-16)20-17(24)13(2)26-19-23-22-18(27-19)21-14-7-5-4-6-8-14/h9-14H,3-8H2,1-2H3,(H,20,24)(H,21,22). The molecule has 0 spiro atoms. The summed E-state index contributed by atoms with van der Waals surface area (Å²) < 4.78 is 6.22. The largest absolute Gasteiger partial charge is 0.494 e. The minimum Gasteiger partial charge on any atom is -0.494 e. The maximum atomic E-state index is 12.4. The van der Waals surface area contributed by atoms with E-state index in [2.05, 4.69) is 20.8 Å². The van der Waals surface area contributed by atoms with E-state index in [-0.39, 0.29) is 11.2 Å². The molecule has 0 bridgehead atoms. The monoisotopic (exact) mass is 406 g/mol. The lowest BCUT2D eigenvalue weighted by Gasteiger charge is -2.21. The molecule has 2 aromatic rings. The number of amides is 1. The summed E-state index contributed by atoms with van der Waals surface area (Å²) in [6.07, 6.45) is 6.28. The van der Waals surface area contributed by atoms with Crippen LogP contribution < -0.4 is 15.4 Å². The second-order valence-electron chi connectivity index (χ2n) is 6.56. The van der Waals surface area contributed by atoms with Gasteiger partial charge in [-0.25, -0.2) is 0 Å². The van der Waals surface area contributed by atoms with E-state index in [0.29, 0.717) is 12.6 Å². The number of rotatable bonds is 8. The molecule has 1 saturated carbocycles. The van der Waals surface area contributed by atoms with Crippen LogP contribution in [0.5, 0.6) is 5.75 Å². The van der Waals surface area contributed by atoms with E-state index in [0.717, 1.165) is 20.9 Å². The number of carbonyl (C=O) groups is 1. The maximum Gasteiger partial charge on any atom is 0.237 e. The lowest BCUT2D eigenvalue weighted by Crippen LogP contribution is -2.22. The van der Waals surface area contributed by atoms with Crippen LogP contribution in [0.15, 0.2) is 28.6 Å². The summed E-state index contributed by atoms with van der Waals surface area (Å²) in [5.74, 6) is 0.742. The zero-order chi connectivity index (χ0) is 19.1. The predicted octanol–water partition coefficient (Wildman–Crippen LogP) is 4.80. The number of benzene rings is 1. The smallest absolute Gasteiger partial charge is 0.237 e. The highest BCUT2D eigenvalue weighted by Crippen LogP contribution is 2.31. The molecule has 146 valence electrons. The average Bonchev–Trinajstić information content (AvgIpc) is 3.11. The van der Waals surface area contributed by atoms with Gasteiger partial charge in [0.15, 0.2) is 4.34 Å². The van der Waals surface area contributed by atoms with Gasteiger partial charge in [0.1, 0.15) is 5.75 Å². The third kappa shape index (κ3) is 6.10. The molecule has 1 amide bonds. The Morgan fingerprint density at radius 3 is 2.70 bits per heavy atom. The first kappa shape index (κ1) is 19.9. The van der Waals surface area contributed by atoms with Gasteiger partial charge in [-0.15, -0.1) is 10.2 Å². The van der Waals surface area contributed by atoms with Gasteiger partial charge in [-0.2, -0.15) is 0 Å². The van der Waals surface area contributed by atoms with Gasteiger partial charge >= 0.3 is 0 Å². The molecule has 0 radical (unpaired) electrons. The molecule has 8 heteroatoms. The van der Waals surface area contributed by atoms with Gasteiger partial charge in [0.25, 0.3) is 0 Å². The predicted molar refractivity (Wildman–Crippen MR) is 112 cm³/mol. The minimum atomic E-state index is -0.257. The Morgan fingerprint density at radius 2 is 2.00 bits per heavy atom. The van der Waals surface area contributed by atoms with E-state index in [1.165, 1.54) is 55.2 Å². The van der Waals surface area contributed by atoms with Crippen LogP contribution in [-0.2, 0) is 4.79 Å². The second kappa shape index (κ2) is 9.94. The molecular weight excluding hydrogens is 380 g/mol. The van der Waals surface area contributed by atoms with Gasteiger partial charge in [-0.1, -0.05) is 42.4 Å². The molecule has 2 N–H and O–H groups in total. The van der Waals surface area contributed by atoms with E-state index in [4.69, 9.17) is 4.74 Å². The number of nitrogens with one attached hydrogen (secondary N) is 2. The molecule has 1 aromatic carbocycles. The number of aromatic nitrogens is 2. The van der Waals surface area contributed by atoms with Gasteiger partial charge in [0.2, 0.25) is 11.0 Å². The molecule has 1 heterocycles. The van der Waals surface area contributed by atoms with E-state index >= 15 is 0 Å². The van der Waals surface area contributed by atoms with Gasteiger partial charge in [0, 0.05) is 11.7 Å². The van der Waals surface area contributed by atoms with Crippen LogP contribution in [0.25, 0.3) is 0 Å². The topological polar surface area (TPSA) is 76.1 Å². The fourth-order valence-corrected chi connectivity index (χ4v) is 4.96. The number of hydrogen-bond donors (Lipinski definition) is 2. The Morgan fingerprint density at radius 1 is 1.26 bits per heavy atom. The van der Waals surface area contributed by atoms with Crippen LogP contribution in [0.4, 0.5) is 10.8 Å². The van der Waals surface area contributed by atoms with Gasteiger partial charge < -0.3 is 15.4 Å². The molecule has 0 saturated heterocycles. The van der Waals surface area contributed by atoms with Crippen molar-refractivity contribution < 1.29 is 9.53 Å². The third-order valence-electron chi connectivity index (χ3n) is 4.42. The number of nitrogens with zero attached hydrogens (tertiary/aromatic N) is 2. The van der Waals surface area contributed by atoms with Gasteiger partial charge in [0.05, 0.1) is 11.9 Å². The Bertz CT molecular complexity index is 730. The van der Waals surface area contributed by atoms with Crippen LogP contribution in [0.3, 0.4) is 0 Å². The molecule has 0 aliphatic heterocycles. The first-order chi connectivity index (χ1) is 13.1.